The quantitative estimate of drug-likeness (QED) is 0.466. The fourth-order valence-corrected chi connectivity index (χ4v) is 1.28. The minimum Gasteiger partial charge on any atom is -0.312 e. The summed E-state index contributed by atoms with van der Waals surface area (Å²) in [6.07, 6.45) is 3.84. The van der Waals surface area contributed by atoms with Gasteiger partial charge in [-0.3, -0.25) is 0 Å². The lowest BCUT2D eigenvalue weighted by Gasteiger charge is -2.09. The molecule has 0 heterocycles. The van der Waals surface area contributed by atoms with Gasteiger partial charge in [0.05, 0.1) is 0 Å². The molecule has 4 N–H and O–H groups in total. The van der Waals surface area contributed by atoms with Gasteiger partial charge in [-0.1, -0.05) is 24.3 Å². The maximum Gasteiger partial charge on any atom is 0.417 e. The number of benzene rings is 1. The number of hydrazine groups is 1. The van der Waals surface area contributed by atoms with Gasteiger partial charge in [0, 0.05) is 5.69 Å². The van der Waals surface area contributed by atoms with E-state index in [0.717, 1.165) is 5.56 Å². The predicted octanol–water partition coefficient (Wildman–Crippen LogP) is 1.73. The van der Waals surface area contributed by atoms with Crippen molar-refractivity contribution >= 4 is 19.5 Å². The van der Waals surface area contributed by atoms with Gasteiger partial charge >= 0.3 is 7.75 Å². The van der Waals surface area contributed by atoms with Crippen molar-refractivity contribution in [3.63, 3.8) is 0 Å². The Labute approximate surface area is 88.0 Å². The summed E-state index contributed by atoms with van der Waals surface area (Å²) in [7, 11) is -4.23. The molecule has 0 aliphatic rings. The molecule has 0 aliphatic carbocycles. The van der Waals surface area contributed by atoms with Crippen LogP contribution >= 0.6 is 7.75 Å². The third-order valence-corrected chi connectivity index (χ3v) is 2.02. The molecule has 0 spiro atoms. The molecule has 5 nitrogen and oxygen atoms in total. The SMILES string of the molecule is CC=Cc1ccc(NNP(=O)(O)O)cc1. The number of hydrogen-bond donors (Lipinski definition) is 4. The molecular weight excluding hydrogens is 215 g/mol. The summed E-state index contributed by atoms with van der Waals surface area (Å²) in [6.45, 7) is 1.92. The van der Waals surface area contributed by atoms with E-state index >= 15 is 0 Å². The average Bonchev–Trinajstić information content (AvgIpc) is 2.16. The summed E-state index contributed by atoms with van der Waals surface area (Å²) in [5.41, 5.74) is 4.03. The molecule has 6 heteroatoms. The Morgan fingerprint density at radius 3 is 2.33 bits per heavy atom. The Kier molecular flexibility index (Phi) is 4.05. The monoisotopic (exact) mass is 228 g/mol. The normalized spacial score (nSPS) is 11.9. The third-order valence-electron chi connectivity index (χ3n) is 1.62. The van der Waals surface area contributed by atoms with Gasteiger partial charge in [0.25, 0.3) is 0 Å². The van der Waals surface area contributed by atoms with E-state index in [1.165, 1.54) is 0 Å². The molecule has 0 saturated heterocycles. The van der Waals surface area contributed by atoms with Crippen LogP contribution in [0.2, 0.25) is 0 Å². The second-order valence-electron chi connectivity index (χ2n) is 2.90. The summed E-state index contributed by atoms with van der Waals surface area (Å²) in [5, 5.41) is 1.89. The van der Waals surface area contributed by atoms with E-state index < -0.39 is 7.75 Å². The van der Waals surface area contributed by atoms with Crippen LogP contribution in [0.4, 0.5) is 5.69 Å². The zero-order valence-corrected chi connectivity index (χ0v) is 9.11. The highest BCUT2D eigenvalue weighted by Gasteiger charge is 2.10. The topological polar surface area (TPSA) is 81.6 Å². The molecular formula is C9H13N2O3P. The number of anilines is 1. The van der Waals surface area contributed by atoms with Gasteiger partial charge in [-0.25, -0.2) is 4.57 Å². The van der Waals surface area contributed by atoms with Gasteiger partial charge in [0.1, 0.15) is 0 Å². The Balaban J connectivity index is 2.61. The van der Waals surface area contributed by atoms with Crippen molar-refractivity contribution in [2.45, 2.75) is 6.92 Å². The number of allylic oxidation sites excluding steroid dienone is 1. The molecule has 15 heavy (non-hydrogen) atoms. The molecule has 0 fully saturated rings. The van der Waals surface area contributed by atoms with E-state index in [1.807, 2.05) is 36.4 Å². The maximum atomic E-state index is 10.5. The minimum atomic E-state index is -4.23. The highest BCUT2D eigenvalue weighted by Crippen LogP contribution is 2.27. The zero-order valence-electron chi connectivity index (χ0n) is 8.21. The van der Waals surface area contributed by atoms with Crippen molar-refractivity contribution in [2.24, 2.45) is 0 Å². The van der Waals surface area contributed by atoms with Crippen LogP contribution in [0.25, 0.3) is 6.08 Å². The molecule has 1 aromatic carbocycles. The molecule has 0 aromatic heterocycles. The van der Waals surface area contributed by atoms with E-state index in [9.17, 15) is 4.57 Å². The van der Waals surface area contributed by atoms with Gasteiger partial charge in [-0.2, -0.15) is 0 Å². The van der Waals surface area contributed by atoms with Crippen LogP contribution in [0, 0.1) is 0 Å². The van der Waals surface area contributed by atoms with Crippen molar-refractivity contribution in [1.29, 1.82) is 0 Å². The highest BCUT2D eigenvalue weighted by atomic mass is 31.2. The Bertz CT molecular complexity index is 383. The standard InChI is InChI=1S/C9H13N2O3P/c1-2-3-8-4-6-9(7-5-8)10-11-15(12,13)14/h2-7,10H,1H3,(H3,11,12,13,14). The lowest BCUT2D eigenvalue weighted by Crippen LogP contribution is -2.17. The van der Waals surface area contributed by atoms with Gasteiger partial charge in [0.15, 0.2) is 0 Å². The largest absolute Gasteiger partial charge is 0.417 e. The van der Waals surface area contributed by atoms with E-state index in [-0.39, 0.29) is 0 Å². The first kappa shape index (κ1) is 11.9. The van der Waals surface area contributed by atoms with E-state index in [4.69, 9.17) is 9.79 Å². The summed E-state index contributed by atoms with van der Waals surface area (Å²) in [5.74, 6) is 0. The van der Waals surface area contributed by atoms with Crippen LogP contribution in [0.5, 0.6) is 0 Å². The van der Waals surface area contributed by atoms with Gasteiger partial charge < -0.3 is 15.2 Å². The van der Waals surface area contributed by atoms with Crippen molar-refractivity contribution < 1.29 is 14.4 Å². The molecule has 0 bridgehead atoms. The summed E-state index contributed by atoms with van der Waals surface area (Å²) in [6, 6.07) is 7.11. The van der Waals surface area contributed by atoms with E-state index in [0.29, 0.717) is 5.69 Å². The molecule has 0 atom stereocenters. The second-order valence-corrected chi connectivity index (χ2v) is 4.21. The molecule has 0 saturated carbocycles. The van der Waals surface area contributed by atoms with E-state index in [2.05, 4.69) is 5.43 Å². The number of hydrogen-bond acceptors (Lipinski definition) is 2. The van der Waals surface area contributed by atoms with Crippen LogP contribution < -0.4 is 10.6 Å². The first-order valence-electron chi connectivity index (χ1n) is 4.33. The van der Waals surface area contributed by atoms with Gasteiger partial charge in [-0.05, 0) is 24.6 Å². The first-order chi connectivity index (χ1) is 7.01. The molecule has 0 unspecified atom stereocenters. The zero-order chi connectivity index (χ0) is 11.3. The molecule has 0 radical (unpaired) electrons. The molecule has 0 amide bonds. The summed E-state index contributed by atoms with van der Waals surface area (Å²) in [4.78, 5) is 17.1. The third kappa shape index (κ3) is 4.76. The molecule has 1 aromatic rings. The fraction of sp³-hybridized carbons (Fsp3) is 0.111. The second kappa shape index (κ2) is 5.09. The summed E-state index contributed by atoms with van der Waals surface area (Å²) >= 11 is 0. The van der Waals surface area contributed by atoms with Crippen molar-refractivity contribution in [1.82, 2.24) is 5.20 Å². The lowest BCUT2D eigenvalue weighted by molar-refractivity contribution is 0.362. The average molecular weight is 228 g/mol. The Morgan fingerprint density at radius 1 is 1.27 bits per heavy atom. The maximum absolute atomic E-state index is 10.5. The first-order valence-corrected chi connectivity index (χ1v) is 5.94. The lowest BCUT2D eigenvalue weighted by atomic mass is 10.2. The Morgan fingerprint density at radius 2 is 1.87 bits per heavy atom. The van der Waals surface area contributed by atoms with Crippen LogP contribution in [-0.2, 0) is 4.57 Å². The molecule has 82 valence electrons. The number of nitrogens with one attached hydrogen (secondary N) is 2. The van der Waals surface area contributed by atoms with E-state index in [1.54, 1.807) is 12.1 Å². The smallest absolute Gasteiger partial charge is 0.312 e. The summed E-state index contributed by atoms with van der Waals surface area (Å²) < 4.78 is 10.5. The highest BCUT2D eigenvalue weighted by molar-refractivity contribution is 7.49. The van der Waals surface area contributed by atoms with Crippen molar-refractivity contribution in [3.8, 4) is 0 Å². The van der Waals surface area contributed by atoms with Crippen LogP contribution in [-0.4, -0.2) is 9.79 Å². The van der Waals surface area contributed by atoms with Crippen LogP contribution in [0.1, 0.15) is 12.5 Å². The van der Waals surface area contributed by atoms with Crippen LogP contribution in [0.3, 0.4) is 0 Å². The fourth-order valence-electron chi connectivity index (χ4n) is 1.01. The predicted molar refractivity (Wildman–Crippen MR) is 60.0 cm³/mol. The minimum absolute atomic E-state index is 0.589. The Hall–Kier alpha value is -1.13. The molecule has 0 aliphatic heterocycles. The van der Waals surface area contributed by atoms with Crippen molar-refractivity contribution in [2.75, 3.05) is 5.43 Å². The van der Waals surface area contributed by atoms with Gasteiger partial charge in [0.2, 0.25) is 0 Å². The van der Waals surface area contributed by atoms with Crippen molar-refractivity contribution in [3.05, 3.63) is 35.9 Å². The van der Waals surface area contributed by atoms with Crippen LogP contribution in [0.15, 0.2) is 30.3 Å². The molecule has 1 rings (SSSR count). The van der Waals surface area contributed by atoms with Gasteiger partial charge in [-0.15, -0.1) is 5.20 Å². The number of rotatable bonds is 4.